The van der Waals surface area contributed by atoms with Crippen LogP contribution in [-0.4, -0.2) is 0 Å². The molecule has 2 aromatic carbocycles. The number of unbranched alkanes of at least 4 members (excludes halogenated alkanes) is 2. The van der Waals surface area contributed by atoms with Gasteiger partial charge in [0.2, 0.25) is 0 Å². The van der Waals surface area contributed by atoms with Crippen LogP contribution in [0, 0.1) is 0 Å². The third-order valence-electron chi connectivity index (χ3n) is 7.37. The van der Waals surface area contributed by atoms with Crippen molar-refractivity contribution in [3.63, 3.8) is 0 Å². The Kier molecular flexibility index (Phi) is 7.30. The number of hydrogen-bond acceptors (Lipinski definition) is 0. The summed E-state index contributed by atoms with van der Waals surface area (Å²) in [6.07, 6.45) is 27.9. The van der Waals surface area contributed by atoms with E-state index in [0.29, 0.717) is 0 Å². The summed E-state index contributed by atoms with van der Waals surface area (Å²) in [6, 6.07) is 18.8. The number of rotatable bonds is 11. The SMILES string of the molecule is CCCCC1(c2ccc(CCc3ccc(C4(CCCC)C=CC=C4)cc3)cc2)C=CC=C1. The summed E-state index contributed by atoms with van der Waals surface area (Å²) in [5.74, 6) is 0. The van der Waals surface area contributed by atoms with Crippen molar-refractivity contribution in [1.29, 1.82) is 0 Å². The van der Waals surface area contributed by atoms with E-state index in [1.165, 1.54) is 60.8 Å². The molecule has 0 heterocycles. The number of aryl methyl sites for hydroxylation is 2. The lowest BCUT2D eigenvalue weighted by atomic mass is 9.77. The van der Waals surface area contributed by atoms with Gasteiger partial charge < -0.3 is 0 Å². The van der Waals surface area contributed by atoms with Crippen molar-refractivity contribution in [2.75, 3.05) is 0 Å². The summed E-state index contributed by atoms with van der Waals surface area (Å²) in [7, 11) is 0. The maximum absolute atomic E-state index is 2.38. The van der Waals surface area contributed by atoms with Crippen molar-refractivity contribution >= 4 is 0 Å². The van der Waals surface area contributed by atoms with Gasteiger partial charge in [-0.3, -0.25) is 0 Å². The fraction of sp³-hybridized carbons (Fsp3) is 0.375. The average molecular weight is 423 g/mol. The van der Waals surface area contributed by atoms with Crippen LogP contribution in [0.5, 0.6) is 0 Å². The summed E-state index contributed by atoms with van der Waals surface area (Å²) in [4.78, 5) is 0. The molecule has 4 rings (SSSR count). The van der Waals surface area contributed by atoms with Crippen molar-refractivity contribution in [3.05, 3.63) is 119 Å². The molecule has 2 aromatic rings. The quantitative estimate of drug-likeness (QED) is 0.340. The van der Waals surface area contributed by atoms with E-state index in [-0.39, 0.29) is 10.8 Å². The minimum atomic E-state index is 0.112. The molecule has 0 aromatic heterocycles. The van der Waals surface area contributed by atoms with Gasteiger partial charge in [-0.05, 0) is 47.9 Å². The first-order valence-corrected chi connectivity index (χ1v) is 12.6. The molecular formula is C32H38. The maximum atomic E-state index is 2.38. The molecule has 0 unspecified atom stereocenters. The van der Waals surface area contributed by atoms with Crippen molar-refractivity contribution in [1.82, 2.24) is 0 Å². The molecule has 0 saturated carbocycles. The monoisotopic (exact) mass is 422 g/mol. The first-order chi connectivity index (χ1) is 15.7. The molecule has 0 amide bonds. The van der Waals surface area contributed by atoms with E-state index in [9.17, 15) is 0 Å². The second-order valence-corrected chi connectivity index (χ2v) is 9.62. The van der Waals surface area contributed by atoms with Crippen LogP contribution in [0.15, 0.2) is 97.1 Å². The van der Waals surface area contributed by atoms with Crippen LogP contribution in [0.4, 0.5) is 0 Å². The zero-order valence-electron chi connectivity index (χ0n) is 19.9. The second kappa shape index (κ2) is 10.3. The fourth-order valence-electron chi connectivity index (χ4n) is 5.22. The highest BCUT2D eigenvalue weighted by Crippen LogP contribution is 2.37. The van der Waals surface area contributed by atoms with E-state index in [4.69, 9.17) is 0 Å². The second-order valence-electron chi connectivity index (χ2n) is 9.62. The predicted octanol–water partition coefficient (Wildman–Crippen LogP) is 8.58. The van der Waals surface area contributed by atoms with E-state index < -0.39 is 0 Å². The zero-order valence-corrected chi connectivity index (χ0v) is 19.9. The molecule has 166 valence electrons. The topological polar surface area (TPSA) is 0 Å². The summed E-state index contributed by atoms with van der Waals surface area (Å²) in [6.45, 7) is 4.55. The van der Waals surface area contributed by atoms with Crippen molar-refractivity contribution < 1.29 is 0 Å². The largest absolute Gasteiger partial charge is 0.0702 e. The fourth-order valence-corrected chi connectivity index (χ4v) is 5.22. The van der Waals surface area contributed by atoms with Crippen molar-refractivity contribution in [2.24, 2.45) is 0 Å². The zero-order chi connectivity index (χ0) is 22.3. The Bertz CT molecular complexity index is 872. The lowest BCUT2D eigenvalue weighted by Crippen LogP contribution is -2.19. The smallest absolute Gasteiger partial charge is 0.0318 e. The Morgan fingerprint density at radius 3 is 1.16 bits per heavy atom. The van der Waals surface area contributed by atoms with Crippen LogP contribution < -0.4 is 0 Å². The van der Waals surface area contributed by atoms with E-state index >= 15 is 0 Å². The van der Waals surface area contributed by atoms with Gasteiger partial charge >= 0.3 is 0 Å². The Morgan fingerprint density at radius 2 is 0.844 bits per heavy atom. The van der Waals surface area contributed by atoms with E-state index in [0.717, 1.165) is 12.8 Å². The minimum absolute atomic E-state index is 0.112. The summed E-state index contributed by atoms with van der Waals surface area (Å²) >= 11 is 0. The molecule has 0 heteroatoms. The molecule has 0 bridgehead atoms. The maximum Gasteiger partial charge on any atom is 0.0318 e. The van der Waals surface area contributed by atoms with Crippen LogP contribution in [0.3, 0.4) is 0 Å². The van der Waals surface area contributed by atoms with Gasteiger partial charge in [0.15, 0.2) is 0 Å². The molecule has 0 radical (unpaired) electrons. The van der Waals surface area contributed by atoms with Gasteiger partial charge in [-0.25, -0.2) is 0 Å². The highest BCUT2D eigenvalue weighted by Gasteiger charge is 2.28. The molecular weight excluding hydrogens is 384 g/mol. The van der Waals surface area contributed by atoms with Gasteiger partial charge in [0.05, 0.1) is 0 Å². The molecule has 0 fully saturated rings. The van der Waals surface area contributed by atoms with Gasteiger partial charge in [-0.15, -0.1) is 0 Å². The Balaban J connectivity index is 1.39. The van der Waals surface area contributed by atoms with Gasteiger partial charge in [0.25, 0.3) is 0 Å². The molecule has 2 aliphatic carbocycles. The molecule has 0 aliphatic heterocycles. The summed E-state index contributed by atoms with van der Waals surface area (Å²) < 4.78 is 0. The van der Waals surface area contributed by atoms with E-state index in [2.05, 4.69) is 111 Å². The lowest BCUT2D eigenvalue weighted by molar-refractivity contribution is 0.566. The van der Waals surface area contributed by atoms with Crippen molar-refractivity contribution in [2.45, 2.75) is 76.0 Å². The standard InChI is InChI=1S/C32H38/c1-3-5-21-31(23-7-8-24-31)29-17-13-27(14-18-29)11-12-28-15-19-30(20-16-28)32(22-6-4-2)25-9-10-26-32/h7-10,13-20,23-26H,3-6,11-12,21-22H2,1-2H3. The molecule has 2 aliphatic rings. The molecule has 0 spiro atoms. The van der Waals surface area contributed by atoms with Crippen LogP contribution in [0.25, 0.3) is 0 Å². The van der Waals surface area contributed by atoms with Crippen molar-refractivity contribution in [3.8, 4) is 0 Å². The normalized spacial score (nSPS) is 17.4. The highest BCUT2D eigenvalue weighted by molar-refractivity contribution is 5.45. The predicted molar refractivity (Wildman–Crippen MR) is 139 cm³/mol. The third-order valence-corrected chi connectivity index (χ3v) is 7.37. The molecule has 32 heavy (non-hydrogen) atoms. The molecule has 0 nitrogen and oxygen atoms in total. The lowest BCUT2D eigenvalue weighted by Gasteiger charge is -2.26. The van der Waals surface area contributed by atoms with Crippen LogP contribution in [-0.2, 0) is 23.7 Å². The van der Waals surface area contributed by atoms with E-state index in [1.54, 1.807) is 0 Å². The third kappa shape index (κ3) is 4.90. The minimum Gasteiger partial charge on any atom is -0.0702 e. The highest BCUT2D eigenvalue weighted by atomic mass is 14.3. The first kappa shape index (κ1) is 22.6. The Morgan fingerprint density at radius 1 is 0.500 bits per heavy atom. The average Bonchev–Trinajstić information content (AvgIpc) is 3.52. The van der Waals surface area contributed by atoms with Crippen LogP contribution in [0.1, 0.15) is 74.6 Å². The van der Waals surface area contributed by atoms with Gasteiger partial charge in [-0.2, -0.15) is 0 Å². The van der Waals surface area contributed by atoms with Gasteiger partial charge in [0.1, 0.15) is 0 Å². The molecule has 0 N–H and O–H groups in total. The number of hydrogen-bond donors (Lipinski definition) is 0. The van der Waals surface area contributed by atoms with Gasteiger partial charge in [-0.1, -0.05) is 137 Å². The summed E-state index contributed by atoms with van der Waals surface area (Å²) in [5, 5.41) is 0. The molecule has 0 atom stereocenters. The molecule has 0 saturated heterocycles. The number of benzene rings is 2. The Hall–Kier alpha value is -2.60. The Labute approximate surface area is 195 Å². The van der Waals surface area contributed by atoms with Gasteiger partial charge in [0, 0.05) is 10.8 Å². The summed E-state index contributed by atoms with van der Waals surface area (Å²) in [5.41, 5.74) is 5.94. The first-order valence-electron chi connectivity index (χ1n) is 12.6. The van der Waals surface area contributed by atoms with E-state index in [1.807, 2.05) is 0 Å². The van der Waals surface area contributed by atoms with Crippen LogP contribution in [0.2, 0.25) is 0 Å². The number of allylic oxidation sites excluding steroid dienone is 8. The van der Waals surface area contributed by atoms with Crippen LogP contribution >= 0.6 is 0 Å².